The van der Waals surface area contributed by atoms with E-state index in [9.17, 15) is 8.42 Å². The van der Waals surface area contributed by atoms with Gasteiger partial charge in [0.1, 0.15) is 0 Å². The Hall–Kier alpha value is -2.45. The molecule has 1 aliphatic rings. The van der Waals surface area contributed by atoms with Crippen LogP contribution in [0.2, 0.25) is 0 Å². The van der Waals surface area contributed by atoms with Crippen molar-refractivity contribution < 1.29 is 8.42 Å². The molecule has 148 valence electrons. The lowest BCUT2D eigenvalue weighted by Crippen LogP contribution is -2.33. The molecule has 0 spiro atoms. The van der Waals surface area contributed by atoms with Gasteiger partial charge in [-0.15, -0.1) is 10.2 Å². The molecule has 0 saturated carbocycles. The zero-order valence-corrected chi connectivity index (χ0v) is 17.1. The first-order valence-corrected chi connectivity index (χ1v) is 10.8. The molecule has 1 atom stereocenters. The number of hydrogen-bond acceptors (Lipinski definition) is 6. The molecule has 8 heteroatoms. The maximum atomic E-state index is 12.0. The smallest absolute Gasteiger partial charge is 0.214 e. The first-order chi connectivity index (χ1) is 13.3. The molecule has 7 nitrogen and oxygen atoms in total. The number of sulfonamides is 1. The zero-order chi connectivity index (χ0) is 20.2. The third kappa shape index (κ3) is 4.51. The predicted octanol–water partition coefficient (Wildman–Crippen LogP) is 4.35. The molecule has 0 bridgehead atoms. The van der Waals surface area contributed by atoms with Crippen LogP contribution in [0.3, 0.4) is 0 Å². The quantitative estimate of drug-likeness (QED) is 0.714. The van der Waals surface area contributed by atoms with E-state index in [0.29, 0.717) is 13.0 Å². The van der Waals surface area contributed by atoms with E-state index >= 15 is 0 Å². The highest BCUT2D eigenvalue weighted by Gasteiger charge is 2.35. The Bertz CT molecular complexity index is 942. The molecule has 1 N–H and O–H groups in total. The van der Waals surface area contributed by atoms with Crippen molar-refractivity contribution in [3.63, 3.8) is 0 Å². The van der Waals surface area contributed by atoms with Crippen LogP contribution in [-0.2, 0) is 22.1 Å². The second kappa shape index (κ2) is 8.28. The van der Waals surface area contributed by atoms with E-state index in [1.54, 1.807) is 13.8 Å². The molecule has 0 saturated heterocycles. The van der Waals surface area contributed by atoms with Gasteiger partial charge in [0.2, 0.25) is 15.7 Å². The van der Waals surface area contributed by atoms with Crippen molar-refractivity contribution in [1.29, 1.82) is 0 Å². The van der Waals surface area contributed by atoms with Gasteiger partial charge in [-0.2, -0.15) is 0 Å². The molecule has 0 aromatic heterocycles. The number of benzene rings is 2. The summed E-state index contributed by atoms with van der Waals surface area (Å²) >= 11 is 0. The lowest BCUT2D eigenvalue weighted by atomic mass is 9.91. The van der Waals surface area contributed by atoms with Crippen molar-refractivity contribution in [2.75, 3.05) is 6.54 Å². The molecule has 2 aromatic carbocycles. The molecular weight excluding hydrogens is 374 g/mol. The van der Waals surface area contributed by atoms with Gasteiger partial charge < -0.3 is 0 Å². The molecule has 0 aliphatic carbocycles. The van der Waals surface area contributed by atoms with Gasteiger partial charge >= 0.3 is 0 Å². The average Bonchev–Trinajstić information content (AvgIpc) is 3.16. The number of rotatable bonds is 8. The fourth-order valence-corrected chi connectivity index (χ4v) is 3.80. The van der Waals surface area contributed by atoms with Gasteiger partial charge in [-0.25, -0.2) is 13.1 Å². The topological polar surface area (TPSA) is 95.6 Å². The minimum absolute atomic E-state index is 0.0412. The van der Waals surface area contributed by atoms with E-state index in [1.165, 1.54) is 0 Å². The van der Waals surface area contributed by atoms with Gasteiger partial charge in [-0.3, -0.25) is 0 Å². The summed E-state index contributed by atoms with van der Waals surface area (Å²) in [6, 6.07) is 17.9. The van der Waals surface area contributed by atoms with Gasteiger partial charge in [-0.05, 0) is 41.3 Å². The largest absolute Gasteiger partial charge is 0.224 e. The van der Waals surface area contributed by atoms with Gasteiger partial charge in [0.15, 0.2) is 0 Å². The lowest BCUT2D eigenvalue weighted by molar-refractivity contribution is 0.461. The average molecular weight is 400 g/mol. The minimum Gasteiger partial charge on any atom is -0.214 e. The molecule has 1 unspecified atom stereocenters. The maximum Gasteiger partial charge on any atom is 0.224 e. The molecule has 1 aliphatic heterocycles. The molecule has 3 rings (SSSR count). The van der Waals surface area contributed by atoms with E-state index in [1.807, 2.05) is 61.5 Å². The Morgan fingerprint density at radius 1 is 0.929 bits per heavy atom. The highest BCUT2D eigenvalue weighted by Crippen LogP contribution is 2.36. The Balaban J connectivity index is 1.75. The summed E-state index contributed by atoms with van der Waals surface area (Å²) in [6.07, 6.45) is 0.573. The Morgan fingerprint density at radius 3 is 2.11 bits per heavy atom. The van der Waals surface area contributed by atoms with E-state index in [2.05, 4.69) is 25.4 Å². The van der Waals surface area contributed by atoms with E-state index in [4.69, 9.17) is 0 Å². The molecule has 1 heterocycles. The van der Waals surface area contributed by atoms with Crippen molar-refractivity contribution >= 4 is 10.0 Å². The van der Waals surface area contributed by atoms with Crippen LogP contribution in [0.5, 0.6) is 0 Å². The van der Waals surface area contributed by atoms with E-state index in [-0.39, 0.29) is 5.92 Å². The normalized spacial score (nSPS) is 16.6. The third-order valence-electron chi connectivity index (χ3n) is 4.91. The number of hydrogen-bond donors (Lipinski definition) is 1. The molecular formula is C20H25N5O2S. The maximum absolute atomic E-state index is 12.0. The van der Waals surface area contributed by atoms with Crippen molar-refractivity contribution in [1.82, 2.24) is 4.72 Å². The lowest BCUT2D eigenvalue weighted by Gasteiger charge is -2.21. The minimum atomic E-state index is -3.27. The highest BCUT2D eigenvalue weighted by atomic mass is 32.2. The Morgan fingerprint density at radius 2 is 1.54 bits per heavy atom. The summed E-state index contributed by atoms with van der Waals surface area (Å²) in [5, 5.41) is 15.6. The zero-order valence-electron chi connectivity index (χ0n) is 16.3. The molecule has 0 radical (unpaired) electrons. The van der Waals surface area contributed by atoms with Crippen molar-refractivity contribution in [2.24, 2.45) is 20.7 Å². The van der Waals surface area contributed by atoms with Crippen LogP contribution < -0.4 is 4.72 Å². The van der Waals surface area contributed by atoms with Crippen LogP contribution in [-0.4, -0.2) is 20.2 Å². The first-order valence-electron chi connectivity index (χ1n) is 9.29. The Kier molecular flexibility index (Phi) is 6.00. The van der Waals surface area contributed by atoms with Gasteiger partial charge in [0.25, 0.3) is 0 Å². The van der Waals surface area contributed by atoms with Gasteiger partial charge in [0, 0.05) is 18.5 Å². The molecule has 0 fully saturated rings. The van der Waals surface area contributed by atoms with Crippen LogP contribution in [0.15, 0.2) is 75.3 Å². The second-order valence-corrected chi connectivity index (χ2v) is 9.64. The highest BCUT2D eigenvalue weighted by molar-refractivity contribution is 7.90. The van der Waals surface area contributed by atoms with Crippen LogP contribution in [0.4, 0.5) is 0 Å². The van der Waals surface area contributed by atoms with Crippen LogP contribution in [0.1, 0.15) is 43.4 Å². The van der Waals surface area contributed by atoms with Crippen molar-refractivity contribution in [3.05, 3.63) is 71.3 Å². The Labute approximate surface area is 166 Å². The van der Waals surface area contributed by atoms with Crippen molar-refractivity contribution in [3.8, 4) is 0 Å². The van der Waals surface area contributed by atoms with Crippen molar-refractivity contribution in [2.45, 2.75) is 44.0 Å². The number of nitrogens with one attached hydrogen (secondary N) is 1. The van der Waals surface area contributed by atoms with Gasteiger partial charge in [-0.1, -0.05) is 61.5 Å². The summed E-state index contributed by atoms with van der Waals surface area (Å²) in [5.74, 6) is 0.0412. The predicted molar refractivity (Wildman–Crippen MR) is 108 cm³/mol. The van der Waals surface area contributed by atoms with Crippen LogP contribution in [0, 0.1) is 0 Å². The van der Waals surface area contributed by atoms with Gasteiger partial charge in [0.05, 0.1) is 5.25 Å². The monoisotopic (exact) mass is 399 g/mol. The fraction of sp³-hybridized carbons (Fsp3) is 0.400. The fourth-order valence-electron chi connectivity index (χ4n) is 2.98. The molecule has 2 aromatic rings. The summed E-state index contributed by atoms with van der Waals surface area (Å²) in [4.78, 5) is 0. The summed E-state index contributed by atoms with van der Waals surface area (Å²) in [7, 11) is -3.27. The van der Waals surface area contributed by atoms with E-state index in [0.717, 1.165) is 16.7 Å². The summed E-state index contributed by atoms with van der Waals surface area (Å²) in [6.45, 7) is 5.68. The van der Waals surface area contributed by atoms with Crippen LogP contribution in [0.25, 0.3) is 0 Å². The van der Waals surface area contributed by atoms with E-state index < -0.39 is 20.9 Å². The first kappa shape index (κ1) is 20.3. The SMILES string of the molecule is CC(CNS(=O)(=O)C(C)C)c1ccc(C2(Cc3ccccc3)N=NN=N2)cc1. The molecule has 28 heavy (non-hydrogen) atoms. The standard InChI is InChI=1S/C20H25N5O2S/c1-15(2)28(26,27)21-14-16(3)18-9-11-19(12-10-18)20(22-24-25-23-20)13-17-7-5-4-6-8-17/h4-12,15-16,21H,13-14H2,1-3H3. The number of nitrogens with zero attached hydrogens (tertiary/aromatic N) is 4. The van der Waals surface area contributed by atoms with Crippen LogP contribution >= 0.6 is 0 Å². The summed E-state index contributed by atoms with van der Waals surface area (Å²) < 4.78 is 26.6. The molecule has 0 amide bonds. The summed E-state index contributed by atoms with van der Waals surface area (Å²) in [5.41, 5.74) is 2.20. The third-order valence-corrected chi connectivity index (χ3v) is 6.72. The second-order valence-electron chi connectivity index (χ2n) is 7.32.